The predicted octanol–water partition coefficient (Wildman–Crippen LogP) is 2.48. The Hall–Kier alpha value is -1.82. The summed E-state index contributed by atoms with van der Waals surface area (Å²) in [6, 6.07) is 0. The van der Waals surface area contributed by atoms with Gasteiger partial charge in [-0.25, -0.2) is 9.78 Å². The minimum Gasteiger partial charge on any atom is -0.478 e. The number of anilines is 1. The third kappa shape index (κ3) is 2.35. The fourth-order valence-electron chi connectivity index (χ4n) is 2.44. The van der Waals surface area contributed by atoms with Crippen LogP contribution in [0.15, 0.2) is 17.7 Å². The topological polar surface area (TPSA) is 57.8 Å². The Morgan fingerprint density at radius 3 is 2.89 bits per heavy atom. The lowest BCUT2D eigenvalue weighted by Crippen LogP contribution is -2.30. The molecule has 0 saturated carbocycles. The molecule has 1 aliphatic heterocycles. The van der Waals surface area contributed by atoms with Gasteiger partial charge in [0.05, 0.1) is 5.69 Å². The summed E-state index contributed by atoms with van der Waals surface area (Å²) in [6.07, 6.45) is 8.36. The molecule has 2 aromatic heterocycles. The molecule has 2 aromatic rings. The van der Waals surface area contributed by atoms with Crippen molar-refractivity contribution in [1.82, 2.24) is 9.38 Å². The van der Waals surface area contributed by atoms with Crippen LogP contribution in [0.4, 0.5) is 5.82 Å². The maximum Gasteiger partial charge on any atom is 0.328 e. The molecule has 5 nitrogen and oxygen atoms in total. The molecule has 3 rings (SSSR count). The molecule has 0 amide bonds. The molecule has 0 spiro atoms. The van der Waals surface area contributed by atoms with E-state index in [1.807, 2.05) is 16.0 Å². The number of fused-ring (bicyclic) bond motifs is 1. The van der Waals surface area contributed by atoms with Gasteiger partial charge in [-0.15, -0.1) is 11.3 Å². The van der Waals surface area contributed by atoms with Gasteiger partial charge in [0.15, 0.2) is 10.8 Å². The van der Waals surface area contributed by atoms with Crippen LogP contribution in [0.1, 0.15) is 25.0 Å². The molecular weight excluding hydrogens is 262 g/mol. The van der Waals surface area contributed by atoms with Gasteiger partial charge >= 0.3 is 5.97 Å². The molecule has 0 radical (unpaired) electrons. The average molecular weight is 277 g/mol. The van der Waals surface area contributed by atoms with Crippen LogP contribution in [0.5, 0.6) is 0 Å². The number of hydrogen-bond acceptors (Lipinski definition) is 4. The summed E-state index contributed by atoms with van der Waals surface area (Å²) in [5.41, 5.74) is 0.862. The second-order valence-electron chi connectivity index (χ2n) is 4.60. The van der Waals surface area contributed by atoms with Crippen molar-refractivity contribution in [1.29, 1.82) is 0 Å². The van der Waals surface area contributed by atoms with E-state index in [-0.39, 0.29) is 0 Å². The Kier molecular flexibility index (Phi) is 3.25. The lowest BCUT2D eigenvalue weighted by molar-refractivity contribution is -0.131. The van der Waals surface area contributed by atoms with Crippen molar-refractivity contribution >= 4 is 34.2 Å². The molecule has 0 unspecified atom stereocenters. The highest BCUT2D eigenvalue weighted by Crippen LogP contribution is 2.27. The van der Waals surface area contributed by atoms with Crippen molar-refractivity contribution < 1.29 is 9.90 Å². The number of nitrogens with zero attached hydrogens (tertiary/aromatic N) is 3. The van der Waals surface area contributed by atoms with Gasteiger partial charge in [-0.05, 0) is 25.3 Å². The van der Waals surface area contributed by atoms with E-state index < -0.39 is 5.97 Å². The summed E-state index contributed by atoms with van der Waals surface area (Å²) >= 11 is 1.56. The zero-order valence-electron chi connectivity index (χ0n) is 10.5. The van der Waals surface area contributed by atoms with Crippen LogP contribution in [0.25, 0.3) is 11.0 Å². The van der Waals surface area contributed by atoms with Gasteiger partial charge in [-0.2, -0.15) is 0 Å². The lowest BCUT2D eigenvalue weighted by atomic mass is 10.1. The molecule has 1 aliphatic rings. The molecule has 1 fully saturated rings. The highest BCUT2D eigenvalue weighted by atomic mass is 32.1. The molecule has 1 saturated heterocycles. The number of hydrogen-bond donors (Lipinski definition) is 1. The van der Waals surface area contributed by atoms with Gasteiger partial charge in [-0.1, -0.05) is 0 Å². The van der Waals surface area contributed by atoms with E-state index in [1.165, 1.54) is 25.3 Å². The van der Waals surface area contributed by atoms with Crippen molar-refractivity contribution in [3.8, 4) is 0 Å². The van der Waals surface area contributed by atoms with E-state index in [2.05, 4.69) is 9.88 Å². The largest absolute Gasteiger partial charge is 0.478 e. The van der Waals surface area contributed by atoms with Crippen LogP contribution in [0.2, 0.25) is 0 Å². The fourth-order valence-corrected chi connectivity index (χ4v) is 3.15. The monoisotopic (exact) mass is 277 g/mol. The van der Waals surface area contributed by atoms with Gasteiger partial charge in [0, 0.05) is 30.7 Å². The molecule has 6 heteroatoms. The number of carboxylic acid groups (broad SMARTS) is 1. The SMILES string of the molecule is O=C(O)/C=C/c1c(N2CCCCC2)nc2sccn12. The third-order valence-electron chi connectivity index (χ3n) is 3.32. The van der Waals surface area contributed by atoms with Crippen LogP contribution in [0, 0.1) is 0 Å². The minimum atomic E-state index is -0.935. The second-order valence-corrected chi connectivity index (χ2v) is 5.47. The van der Waals surface area contributed by atoms with Gasteiger partial charge in [0.1, 0.15) is 0 Å². The summed E-state index contributed by atoms with van der Waals surface area (Å²) < 4.78 is 1.95. The minimum absolute atomic E-state index is 0.862. The Balaban J connectivity index is 2.04. The van der Waals surface area contributed by atoms with Crippen molar-refractivity contribution in [2.75, 3.05) is 18.0 Å². The van der Waals surface area contributed by atoms with Crippen LogP contribution >= 0.6 is 11.3 Å². The normalized spacial score (nSPS) is 16.5. The first kappa shape index (κ1) is 12.2. The van der Waals surface area contributed by atoms with E-state index in [1.54, 1.807) is 17.4 Å². The van der Waals surface area contributed by atoms with Crippen LogP contribution in [0.3, 0.4) is 0 Å². The Morgan fingerprint density at radius 1 is 1.37 bits per heavy atom. The summed E-state index contributed by atoms with van der Waals surface area (Å²) in [7, 11) is 0. The van der Waals surface area contributed by atoms with Crippen molar-refractivity contribution in [3.63, 3.8) is 0 Å². The Labute approximate surface area is 114 Å². The van der Waals surface area contributed by atoms with Crippen LogP contribution < -0.4 is 4.90 Å². The molecule has 1 N–H and O–H groups in total. The molecule has 100 valence electrons. The van der Waals surface area contributed by atoms with Gasteiger partial charge in [0.25, 0.3) is 0 Å². The number of rotatable bonds is 3. The molecule has 0 aliphatic carbocycles. The standard InChI is InChI=1S/C13H15N3O2S/c17-11(18)5-4-10-12(15-6-2-1-3-7-15)14-13-16(10)8-9-19-13/h4-5,8-9H,1-3,6-7H2,(H,17,18)/b5-4+. The maximum atomic E-state index is 10.7. The smallest absolute Gasteiger partial charge is 0.328 e. The van der Waals surface area contributed by atoms with Crippen molar-refractivity contribution in [2.24, 2.45) is 0 Å². The molecule has 3 heterocycles. The Bertz CT molecular complexity index is 623. The van der Waals surface area contributed by atoms with Crippen LogP contribution in [-0.2, 0) is 4.79 Å². The second kappa shape index (κ2) is 5.05. The number of piperidine rings is 1. The first-order valence-corrected chi connectivity index (χ1v) is 7.25. The average Bonchev–Trinajstić information content (AvgIpc) is 2.98. The summed E-state index contributed by atoms with van der Waals surface area (Å²) in [5.74, 6) is -0.0289. The van der Waals surface area contributed by atoms with Gasteiger partial charge < -0.3 is 10.0 Å². The summed E-state index contributed by atoms with van der Waals surface area (Å²) in [4.78, 5) is 18.5. The predicted molar refractivity (Wildman–Crippen MR) is 75.8 cm³/mol. The maximum absolute atomic E-state index is 10.7. The quantitative estimate of drug-likeness (QED) is 0.876. The first-order valence-electron chi connectivity index (χ1n) is 6.37. The molecule has 19 heavy (non-hydrogen) atoms. The number of imidazole rings is 1. The summed E-state index contributed by atoms with van der Waals surface area (Å²) in [5, 5.41) is 10.8. The van der Waals surface area contributed by atoms with Crippen molar-refractivity contribution in [3.05, 3.63) is 23.3 Å². The highest BCUT2D eigenvalue weighted by Gasteiger charge is 2.19. The zero-order valence-corrected chi connectivity index (χ0v) is 11.3. The third-order valence-corrected chi connectivity index (χ3v) is 4.08. The molecule has 0 atom stereocenters. The Morgan fingerprint density at radius 2 is 2.16 bits per heavy atom. The number of carboxylic acids is 1. The van der Waals surface area contributed by atoms with E-state index in [4.69, 9.17) is 5.11 Å². The molecule has 0 bridgehead atoms. The van der Waals surface area contributed by atoms with Crippen LogP contribution in [-0.4, -0.2) is 33.6 Å². The molecular formula is C13H15N3O2S. The van der Waals surface area contributed by atoms with E-state index in [9.17, 15) is 4.79 Å². The van der Waals surface area contributed by atoms with Crippen molar-refractivity contribution in [2.45, 2.75) is 19.3 Å². The number of aromatic nitrogens is 2. The zero-order chi connectivity index (χ0) is 13.2. The van der Waals surface area contributed by atoms with Gasteiger partial charge in [0.2, 0.25) is 0 Å². The van der Waals surface area contributed by atoms with Gasteiger partial charge in [-0.3, -0.25) is 4.40 Å². The highest BCUT2D eigenvalue weighted by molar-refractivity contribution is 7.15. The number of aliphatic carboxylic acids is 1. The van der Waals surface area contributed by atoms with E-state index >= 15 is 0 Å². The lowest BCUT2D eigenvalue weighted by Gasteiger charge is -2.27. The number of carbonyl (C=O) groups is 1. The summed E-state index contributed by atoms with van der Waals surface area (Å²) in [6.45, 7) is 2.00. The van der Waals surface area contributed by atoms with E-state index in [0.717, 1.165) is 29.6 Å². The molecule has 0 aromatic carbocycles. The van der Waals surface area contributed by atoms with E-state index in [0.29, 0.717) is 0 Å². The number of thiazole rings is 1. The first-order chi connectivity index (χ1) is 9.25. The fraction of sp³-hybridized carbons (Fsp3) is 0.385.